The molecule has 0 aliphatic carbocycles. The molecule has 2 aromatic carbocycles. The standard InChI is InChI=1S/C20H20ClN3O3/c1-26-19-12-15(13-22)6-7-18(19)27-14-20(25)24-10-8-23(9-11-24)17-5-3-2-4-16(17)21/h2-7,12H,8-11,14H2,1H3. The molecule has 2 aromatic rings. The molecule has 3 rings (SSSR count). The van der Waals surface area contributed by atoms with Crippen molar-refractivity contribution in [3.05, 3.63) is 53.1 Å². The number of anilines is 1. The number of nitrogens with zero attached hydrogens (tertiary/aromatic N) is 3. The first-order valence-electron chi connectivity index (χ1n) is 8.60. The highest BCUT2D eigenvalue weighted by Gasteiger charge is 2.23. The van der Waals surface area contributed by atoms with E-state index >= 15 is 0 Å². The molecular formula is C20H20ClN3O3. The van der Waals surface area contributed by atoms with Crippen LogP contribution in [0.25, 0.3) is 0 Å². The van der Waals surface area contributed by atoms with Gasteiger partial charge in [-0.1, -0.05) is 23.7 Å². The first-order valence-corrected chi connectivity index (χ1v) is 8.98. The van der Waals surface area contributed by atoms with E-state index in [0.717, 1.165) is 18.8 Å². The molecule has 0 aromatic heterocycles. The van der Waals surface area contributed by atoms with Crippen molar-refractivity contribution in [2.24, 2.45) is 0 Å². The first-order chi connectivity index (χ1) is 13.1. The van der Waals surface area contributed by atoms with E-state index in [2.05, 4.69) is 4.90 Å². The van der Waals surface area contributed by atoms with Gasteiger partial charge in [-0.3, -0.25) is 4.79 Å². The van der Waals surface area contributed by atoms with Gasteiger partial charge in [-0.25, -0.2) is 0 Å². The molecule has 0 saturated carbocycles. The molecule has 6 nitrogen and oxygen atoms in total. The highest BCUT2D eigenvalue weighted by molar-refractivity contribution is 6.33. The fourth-order valence-corrected chi connectivity index (χ4v) is 3.25. The molecular weight excluding hydrogens is 366 g/mol. The maximum atomic E-state index is 12.5. The summed E-state index contributed by atoms with van der Waals surface area (Å²) in [7, 11) is 1.50. The number of piperazine rings is 1. The number of methoxy groups -OCH3 is 1. The van der Waals surface area contributed by atoms with E-state index < -0.39 is 0 Å². The van der Waals surface area contributed by atoms with E-state index in [1.54, 1.807) is 23.1 Å². The molecule has 0 unspecified atom stereocenters. The van der Waals surface area contributed by atoms with Gasteiger partial charge in [0.15, 0.2) is 18.1 Å². The Labute approximate surface area is 163 Å². The number of benzene rings is 2. The van der Waals surface area contributed by atoms with Crippen LogP contribution in [0.4, 0.5) is 5.69 Å². The summed E-state index contributed by atoms with van der Waals surface area (Å²) in [5.74, 6) is 0.796. The number of nitriles is 1. The second-order valence-electron chi connectivity index (χ2n) is 6.09. The maximum Gasteiger partial charge on any atom is 0.260 e. The maximum absolute atomic E-state index is 12.5. The van der Waals surface area contributed by atoms with Gasteiger partial charge >= 0.3 is 0 Å². The Morgan fingerprint density at radius 2 is 1.89 bits per heavy atom. The van der Waals surface area contributed by atoms with Crippen molar-refractivity contribution in [2.45, 2.75) is 0 Å². The number of amides is 1. The Hall–Kier alpha value is -2.91. The van der Waals surface area contributed by atoms with Crippen LogP contribution in [-0.4, -0.2) is 50.7 Å². The summed E-state index contributed by atoms with van der Waals surface area (Å²) in [6, 6.07) is 14.6. The van der Waals surface area contributed by atoms with E-state index in [1.165, 1.54) is 7.11 Å². The van der Waals surface area contributed by atoms with Crippen molar-refractivity contribution in [3.8, 4) is 17.6 Å². The first kappa shape index (κ1) is 18.9. The third-order valence-electron chi connectivity index (χ3n) is 4.47. The Bertz CT molecular complexity index is 858. The summed E-state index contributed by atoms with van der Waals surface area (Å²) in [6.07, 6.45) is 0. The largest absolute Gasteiger partial charge is 0.493 e. The summed E-state index contributed by atoms with van der Waals surface area (Å²) in [5.41, 5.74) is 1.46. The number of carbonyl (C=O) groups excluding carboxylic acids is 1. The summed E-state index contributed by atoms with van der Waals surface area (Å²) in [4.78, 5) is 16.4. The second-order valence-corrected chi connectivity index (χ2v) is 6.49. The molecule has 1 amide bonds. The molecule has 1 fully saturated rings. The van der Waals surface area contributed by atoms with Crippen LogP contribution in [0.15, 0.2) is 42.5 Å². The SMILES string of the molecule is COc1cc(C#N)ccc1OCC(=O)N1CCN(c2ccccc2Cl)CC1. The zero-order valence-corrected chi connectivity index (χ0v) is 15.8. The van der Waals surface area contributed by atoms with Gasteiger partial charge in [-0.2, -0.15) is 5.26 Å². The van der Waals surface area contributed by atoms with Crippen molar-refractivity contribution < 1.29 is 14.3 Å². The van der Waals surface area contributed by atoms with Crippen molar-refractivity contribution in [2.75, 3.05) is 44.8 Å². The summed E-state index contributed by atoms with van der Waals surface area (Å²) in [5, 5.41) is 9.65. The van der Waals surface area contributed by atoms with Gasteiger partial charge in [0.1, 0.15) is 0 Å². The zero-order chi connectivity index (χ0) is 19.2. The highest BCUT2D eigenvalue weighted by Crippen LogP contribution is 2.28. The molecule has 0 atom stereocenters. The van der Waals surface area contributed by atoms with E-state index in [4.69, 9.17) is 26.3 Å². The van der Waals surface area contributed by atoms with Crippen LogP contribution in [0.3, 0.4) is 0 Å². The quantitative estimate of drug-likeness (QED) is 0.791. The topological polar surface area (TPSA) is 65.8 Å². The molecule has 1 heterocycles. The molecule has 0 spiro atoms. The molecule has 0 radical (unpaired) electrons. The number of para-hydroxylation sites is 1. The predicted octanol–water partition coefficient (Wildman–Crippen LogP) is 2.95. The number of ether oxygens (including phenoxy) is 2. The average Bonchev–Trinajstić information content (AvgIpc) is 2.72. The third-order valence-corrected chi connectivity index (χ3v) is 4.79. The van der Waals surface area contributed by atoms with Crippen LogP contribution >= 0.6 is 11.6 Å². The van der Waals surface area contributed by atoms with Crippen LogP contribution in [-0.2, 0) is 4.79 Å². The molecule has 27 heavy (non-hydrogen) atoms. The number of rotatable bonds is 5. The van der Waals surface area contributed by atoms with Crippen LogP contribution in [0, 0.1) is 11.3 Å². The van der Waals surface area contributed by atoms with Crippen LogP contribution in [0.2, 0.25) is 5.02 Å². The van der Waals surface area contributed by atoms with Crippen LogP contribution < -0.4 is 14.4 Å². The van der Waals surface area contributed by atoms with Crippen LogP contribution in [0.5, 0.6) is 11.5 Å². The highest BCUT2D eigenvalue weighted by atomic mass is 35.5. The lowest BCUT2D eigenvalue weighted by molar-refractivity contribution is -0.133. The smallest absolute Gasteiger partial charge is 0.260 e. The zero-order valence-electron chi connectivity index (χ0n) is 15.0. The molecule has 7 heteroatoms. The van der Waals surface area contributed by atoms with Crippen LogP contribution in [0.1, 0.15) is 5.56 Å². The molecule has 1 saturated heterocycles. The number of halogens is 1. The van der Waals surface area contributed by atoms with Gasteiger partial charge in [-0.15, -0.1) is 0 Å². The lowest BCUT2D eigenvalue weighted by atomic mass is 10.2. The fraction of sp³-hybridized carbons (Fsp3) is 0.300. The lowest BCUT2D eigenvalue weighted by Gasteiger charge is -2.36. The Balaban J connectivity index is 1.55. The summed E-state index contributed by atoms with van der Waals surface area (Å²) in [6.45, 7) is 2.58. The van der Waals surface area contributed by atoms with E-state index in [9.17, 15) is 4.79 Å². The minimum absolute atomic E-state index is 0.0750. The second kappa shape index (κ2) is 8.65. The van der Waals surface area contributed by atoms with Crippen molar-refractivity contribution >= 4 is 23.2 Å². The number of carbonyl (C=O) groups is 1. The molecule has 140 valence electrons. The van der Waals surface area contributed by atoms with Gasteiger partial charge in [-0.05, 0) is 24.3 Å². The Morgan fingerprint density at radius 1 is 1.15 bits per heavy atom. The summed E-state index contributed by atoms with van der Waals surface area (Å²) < 4.78 is 10.8. The monoisotopic (exact) mass is 385 g/mol. The average molecular weight is 386 g/mol. The van der Waals surface area contributed by atoms with Gasteiger partial charge < -0.3 is 19.3 Å². The predicted molar refractivity (Wildman–Crippen MR) is 103 cm³/mol. The normalized spacial score (nSPS) is 13.8. The fourth-order valence-electron chi connectivity index (χ4n) is 2.99. The van der Waals surface area contributed by atoms with E-state index in [1.807, 2.05) is 30.3 Å². The van der Waals surface area contributed by atoms with Gasteiger partial charge in [0.25, 0.3) is 5.91 Å². The van der Waals surface area contributed by atoms with Crippen molar-refractivity contribution in [1.82, 2.24) is 4.90 Å². The van der Waals surface area contributed by atoms with Gasteiger partial charge in [0.2, 0.25) is 0 Å². The number of hydrogen-bond acceptors (Lipinski definition) is 5. The Kier molecular flexibility index (Phi) is 6.05. The van der Waals surface area contributed by atoms with E-state index in [-0.39, 0.29) is 12.5 Å². The summed E-state index contributed by atoms with van der Waals surface area (Å²) >= 11 is 6.25. The van der Waals surface area contributed by atoms with Crippen molar-refractivity contribution in [3.63, 3.8) is 0 Å². The minimum Gasteiger partial charge on any atom is -0.493 e. The molecule has 1 aliphatic rings. The van der Waals surface area contributed by atoms with Gasteiger partial charge in [0, 0.05) is 32.2 Å². The molecule has 0 N–H and O–H groups in total. The molecule has 1 aliphatic heterocycles. The minimum atomic E-state index is -0.0831. The van der Waals surface area contributed by atoms with E-state index in [0.29, 0.717) is 35.2 Å². The number of hydrogen-bond donors (Lipinski definition) is 0. The van der Waals surface area contributed by atoms with Crippen molar-refractivity contribution in [1.29, 1.82) is 5.26 Å². The van der Waals surface area contributed by atoms with Gasteiger partial charge in [0.05, 0.1) is 29.5 Å². The molecule has 0 bridgehead atoms. The Morgan fingerprint density at radius 3 is 2.56 bits per heavy atom. The lowest BCUT2D eigenvalue weighted by Crippen LogP contribution is -2.50. The third kappa shape index (κ3) is 4.44.